The van der Waals surface area contributed by atoms with Gasteiger partial charge in [-0.3, -0.25) is 0 Å². The molecule has 1 fully saturated rings. The van der Waals surface area contributed by atoms with Crippen LogP contribution in [0.4, 0.5) is 0 Å². The van der Waals surface area contributed by atoms with E-state index in [1.54, 1.807) is 0 Å². The Morgan fingerprint density at radius 2 is 1.71 bits per heavy atom. The van der Waals surface area contributed by atoms with Crippen molar-refractivity contribution >= 4 is 13.3 Å². The monoisotopic (exact) mass is 192 g/mol. The van der Waals surface area contributed by atoms with Crippen LogP contribution in [-0.4, -0.2) is 25.4 Å². The van der Waals surface area contributed by atoms with Gasteiger partial charge in [-0.1, -0.05) is 0 Å². The normalized spacial score (nSPS) is 13.9. The van der Waals surface area contributed by atoms with Gasteiger partial charge in [-0.05, 0) is 0 Å². The maximum absolute atomic E-state index is 5.54. The van der Waals surface area contributed by atoms with Crippen LogP contribution in [0.25, 0.3) is 0 Å². The summed E-state index contributed by atoms with van der Waals surface area (Å²) in [5.74, 6) is 1.73. The van der Waals surface area contributed by atoms with Gasteiger partial charge < -0.3 is 11.0 Å². The Labute approximate surface area is 85.1 Å². The summed E-state index contributed by atoms with van der Waals surface area (Å²) in [7, 11) is 5.54. The Morgan fingerprint density at radius 3 is 2.21 bits per heavy atom. The molecule has 0 aromatic heterocycles. The molecule has 0 heterocycles. The summed E-state index contributed by atoms with van der Waals surface area (Å²) in [6, 6.07) is 7.56. The molecule has 14 heavy (non-hydrogen) atoms. The molecule has 0 saturated heterocycles. The van der Waals surface area contributed by atoms with Crippen LogP contribution in [0, 0.1) is 5.92 Å². The molecule has 1 aromatic rings. The minimum Gasteiger partial charge on any atom is -0.870 e. The third kappa shape index (κ3) is 3.81. The van der Waals surface area contributed by atoms with E-state index in [4.69, 9.17) is 12.6 Å². The van der Waals surface area contributed by atoms with Crippen molar-refractivity contribution in [3.05, 3.63) is 24.3 Å². The van der Waals surface area contributed by atoms with Crippen LogP contribution in [0.1, 0.15) is 12.8 Å². The number of hydrogen-bond acceptors (Lipinski definition) is 3. The number of rotatable bonds is 3. The Bertz CT molecular complexity index is 257. The fraction of sp³-hybridized carbons (Fsp3) is 0.400. The summed E-state index contributed by atoms with van der Waals surface area (Å²) in [5.41, 5.74) is 0.786. The zero-order chi connectivity index (χ0) is 8.39. The van der Waals surface area contributed by atoms with Crippen LogP contribution < -0.4 is 10.2 Å². The van der Waals surface area contributed by atoms with E-state index in [0.29, 0.717) is 0 Å². The van der Waals surface area contributed by atoms with Gasteiger partial charge in [0.05, 0.1) is 0 Å². The first-order valence-electron chi connectivity index (χ1n) is 4.33. The zero-order valence-electron chi connectivity index (χ0n) is 7.89. The van der Waals surface area contributed by atoms with Gasteiger partial charge in [0.15, 0.2) is 0 Å². The molecule has 0 unspecified atom stereocenters. The first-order chi connectivity index (χ1) is 5.84. The van der Waals surface area contributed by atoms with E-state index in [0.717, 1.165) is 23.7 Å². The van der Waals surface area contributed by atoms with Crippen molar-refractivity contribution in [2.45, 2.75) is 12.8 Å². The van der Waals surface area contributed by atoms with Crippen molar-refractivity contribution in [1.82, 2.24) is 0 Å². The molecule has 1 aliphatic rings. The quantitative estimate of drug-likeness (QED) is 0.668. The fourth-order valence-electron chi connectivity index (χ4n) is 1.06. The van der Waals surface area contributed by atoms with Crippen LogP contribution in [0.5, 0.6) is 5.75 Å². The van der Waals surface area contributed by atoms with Gasteiger partial charge >= 0.3 is 73.4 Å². The van der Waals surface area contributed by atoms with Crippen molar-refractivity contribution in [2.75, 3.05) is 6.61 Å². The van der Waals surface area contributed by atoms with E-state index in [-0.39, 0.29) is 11.0 Å². The third-order valence-electron chi connectivity index (χ3n) is 2.06. The van der Waals surface area contributed by atoms with Crippen LogP contribution >= 0.6 is 0 Å². The van der Waals surface area contributed by atoms with Crippen LogP contribution in [0.15, 0.2) is 24.3 Å². The topological polar surface area (TPSA) is 69.2 Å². The summed E-state index contributed by atoms with van der Waals surface area (Å²) in [6.07, 6.45) is 2.66. The van der Waals surface area contributed by atoms with Crippen LogP contribution in [0.3, 0.4) is 0 Å². The maximum Gasteiger partial charge on any atom is -0.870 e. The molecule has 0 atom stereocenters. The Hall–Kier alpha value is -0.995. The summed E-state index contributed by atoms with van der Waals surface area (Å²) >= 11 is 0. The molecular formula is C10H13BO3. The van der Waals surface area contributed by atoms with Crippen molar-refractivity contribution in [3.63, 3.8) is 0 Å². The van der Waals surface area contributed by atoms with Crippen molar-refractivity contribution in [3.8, 4) is 5.75 Å². The first kappa shape index (κ1) is 13.0. The average molecular weight is 192 g/mol. The summed E-state index contributed by atoms with van der Waals surface area (Å²) in [6.45, 7) is 0.865. The SMILES string of the molecule is [B+2]c1ccc(OCC2CC2)cc1.[OH-].[OH-]. The second-order valence-electron chi connectivity index (χ2n) is 3.32. The summed E-state index contributed by atoms with van der Waals surface area (Å²) in [5, 5.41) is 0. The molecule has 74 valence electrons. The van der Waals surface area contributed by atoms with Crippen molar-refractivity contribution < 1.29 is 15.7 Å². The predicted molar refractivity (Wildman–Crippen MR) is 53.9 cm³/mol. The molecule has 4 heteroatoms. The van der Waals surface area contributed by atoms with Crippen LogP contribution in [-0.2, 0) is 0 Å². The van der Waals surface area contributed by atoms with E-state index in [1.165, 1.54) is 12.8 Å². The second-order valence-corrected chi connectivity index (χ2v) is 3.32. The predicted octanol–water partition coefficient (Wildman–Crippen LogP) is 0.916. The second kappa shape index (κ2) is 5.68. The molecule has 1 saturated carbocycles. The van der Waals surface area contributed by atoms with Gasteiger partial charge in [0, 0.05) is 0 Å². The molecule has 0 amide bonds. The standard InChI is InChI=1S/C10H11BO.2H2O/c11-9-3-5-10(6-4-9)12-7-8-1-2-8;;/h3-6,8H,1-2,7H2;2*1H2/q+2;;/p-2. The van der Waals surface area contributed by atoms with Gasteiger partial charge in [0.2, 0.25) is 0 Å². The van der Waals surface area contributed by atoms with Gasteiger partial charge in [0.1, 0.15) is 0 Å². The minimum atomic E-state index is 0. The van der Waals surface area contributed by atoms with Gasteiger partial charge in [-0.25, -0.2) is 0 Å². The van der Waals surface area contributed by atoms with Gasteiger partial charge in [-0.15, -0.1) is 0 Å². The smallest absolute Gasteiger partial charge is 0.870 e. The number of benzene rings is 1. The molecular weight excluding hydrogens is 179 g/mol. The third-order valence-corrected chi connectivity index (χ3v) is 2.06. The van der Waals surface area contributed by atoms with E-state index in [2.05, 4.69) is 0 Å². The molecule has 1 aliphatic carbocycles. The van der Waals surface area contributed by atoms with E-state index >= 15 is 0 Å². The zero-order valence-corrected chi connectivity index (χ0v) is 7.89. The molecule has 0 bridgehead atoms. The molecule has 3 nitrogen and oxygen atoms in total. The van der Waals surface area contributed by atoms with Crippen molar-refractivity contribution in [1.29, 1.82) is 0 Å². The fourth-order valence-corrected chi connectivity index (χ4v) is 1.06. The number of ether oxygens (including phenoxy) is 1. The summed E-state index contributed by atoms with van der Waals surface area (Å²) < 4.78 is 5.53. The largest absolute Gasteiger partial charge is 0.870 e. The maximum atomic E-state index is 5.54. The Balaban J connectivity index is 0.000000845. The van der Waals surface area contributed by atoms with Gasteiger partial charge in [-0.2, -0.15) is 0 Å². The Kier molecular flexibility index (Phi) is 5.27. The molecule has 1 aromatic carbocycles. The molecule has 2 N–H and O–H groups in total. The average Bonchev–Trinajstić information content (AvgIpc) is 2.87. The van der Waals surface area contributed by atoms with E-state index in [1.807, 2.05) is 24.3 Å². The van der Waals surface area contributed by atoms with Crippen molar-refractivity contribution in [2.24, 2.45) is 5.92 Å². The Morgan fingerprint density at radius 1 is 1.14 bits per heavy atom. The number of hydrogen-bond donors (Lipinski definition) is 0. The van der Waals surface area contributed by atoms with E-state index < -0.39 is 0 Å². The van der Waals surface area contributed by atoms with E-state index in [9.17, 15) is 0 Å². The summed E-state index contributed by atoms with van der Waals surface area (Å²) in [4.78, 5) is 0. The molecule has 0 radical (unpaired) electrons. The van der Waals surface area contributed by atoms with Crippen LogP contribution in [0.2, 0.25) is 0 Å². The first-order valence-corrected chi connectivity index (χ1v) is 4.33. The molecule has 0 aliphatic heterocycles. The minimum absolute atomic E-state index is 0. The van der Waals surface area contributed by atoms with Gasteiger partial charge in [0.25, 0.3) is 0 Å². The molecule has 2 rings (SSSR count). The molecule has 0 spiro atoms.